The molecule has 1 aromatic rings. The van der Waals surface area contributed by atoms with Crippen LogP contribution in [0, 0.1) is 11.6 Å². The number of hydrogen-bond donors (Lipinski definition) is 1. The summed E-state index contributed by atoms with van der Waals surface area (Å²) in [4.78, 5) is 0. The lowest BCUT2D eigenvalue weighted by Gasteiger charge is -2.22. The van der Waals surface area contributed by atoms with Crippen LogP contribution >= 0.6 is 11.6 Å². The van der Waals surface area contributed by atoms with Crippen LogP contribution in [0.1, 0.15) is 44.9 Å². The summed E-state index contributed by atoms with van der Waals surface area (Å²) in [6.07, 6.45) is 0. The van der Waals surface area contributed by atoms with E-state index in [1.54, 1.807) is 27.7 Å². The minimum absolute atomic E-state index is 0.0846. The van der Waals surface area contributed by atoms with Gasteiger partial charge in [-0.1, -0.05) is 0 Å². The number of hydrogen-bond acceptors (Lipinski definition) is 1. The van der Waals surface area contributed by atoms with Crippen LogP contribution in [0.5, 0.6) is 0 Å². The van der Waals surface area contributed by atoms with E-state index in [-0.39, 0.29) is 17.0 Å². The zero-order chi connectivity index (χ0) is 14.8. The van der Waals surface area contributed by atoms with Crippen LogP contribution in [0.4, 0.5) is 8.78 Å². The van der Waals surface area contributed by atoms with Crippen LogP contribution < -0.4 is 4.72 Å². The molecule has 0 fully saturated rings. The van der Waals surface area contributed by atoms with Gasteiger partial charge >= 0.3 is 0 Å². The molecule has 19 heavy (non-hydrogen) atoms. The van der Waals surface area contributed by atoms with Gasteiger partial charge in [0.05, 0.1) is 21.6 Å². The molecule has 2 atom stereocenters. The van der Waals surface area contributed by atoms with E-state index in [1.807, 2.05) is 0 Å². The zero-order valence-corrected chi connectivity index (χ0v) is 13.0. The highest BCUT2D eigenvalue weighted by Crippen LogP contribution is 2.23. The van der Waals surface area contributed by atoms with Gasteiger partial charge in [0, 0.05) is 17.2 Å². The van der Waals surface area contributed by atoms with Crippen LogP contribution in [0.3, 0.4) is 0 Å². The average Bonchev–Trinajstić information content (AvgIpc) is 2.30. The van der Waals surface area contributed by atoms with Gasteiger partial charge in [0.2, 0.25) is 0 Å². The lowest BCUT2D eigenvalue weighted by molar-refractivity contribution is 0.551. The third-order valence-corrected chi connectivity index (χ3v) is 4.58. The van der Waals surface area contributed by atoms with E-state index in [4.69, 9.17) is 11.6 Å². The van der Waals surface area contributed by atoms with Gasteiger partial charge in [-0.3, -0.25) is 0 Å². The molecule has 0 saturated heterocycles. The molecule has 0 spiro atoms. The molecule has 0 aliphatic heterocycles. The summed E-state index contributed by atoms with van der Waals surface area (Å²) >= 11 is 5.51. The van der Waals surface area contributed by atoms with Crippen molar-refractivity contribution in [2.45, 2.75) is 44.4 Å². The molecular formula is C13H18ClF2NOS. The Hall–Kier alpha value is -0.520. The molecule has 1 N–H and O–H groups in total. The maximum atomic E-state index is 13.9. The topological polar surface area (TPSA) is 29.1 Å². The Morgan fingerprint density at radius 1 is 1.32 bits per heavy atom. The SMILES string of the molecule is C[C@H](N[S@](=O)C(C)(C)C)c1cc(F)c(CCl)cc1F. The molecule has 0 heterocycles. The highest BCUT2D eigenvalue weighted by molar-refractivity contribution is 7.84. The van der Waals surface area contributed by atoms with Crippen LogP contribution in [-0.4, -0.2) is 8.96 Å². The normalized spacial score (nSPS) is 15.3. The maximum Gasteiger partial charge on any atom is 0.128 e. The summed E-state index contributed by atoms with van der Waals surface area (Å²) in [7, 11) is -1.36. The predicted octanol–water partition coefficient (Wildman–Crippen LogP) is 3.82. The van der Waals surface area contributed by atoms with Gasteiger partial charge in [0.1, 0.15) is 11.6 Å². The molecule has 2 nitrogen and oxygen atoms in total. The van der Waals surface area contributed by atoms with Crippen LogP contribution in [-0.2, 0) is 16.9 Å². The number of nitrogens with one attached hydrogen (secondary N) is 1. The first-order valence-corrected chi connectivity index (χ1v) is 7.57. The zero-order valence-electron chi connectivity index (χ0n) is 11.4. The van der Waals surface area contributed by atoms with Crippen molar-refractivity contribution in [2.24, 2.45) is 0 Å². The Bertz CT molecular complexity index is 488. The largest absolute Gasteiger partial charge is 0.242 e. The summed E-state index contributed by atoms with van der Waals surface area (Å²) in [6, 6.07) is 1.62. The first kappa shape index (κ1) is 16.5. The Morgan fingerprint density at radius 3 is 2.37 bits per heavy atom. The quantitative estimate of drug-likeness (QED) is 0.842. The van der Waals surface area contributed by atoms with Crippen LogP contribution in [0.25, 0.3) is 0 Å². The van der Waals surface area contributed by atoms with Crippen molar-refractivity contribution in [3.05, 3.63) is 34.9 Å². The van der Waals surface area contributed by atoms with Crippen LogP contribution in [0.15, 0.2) is 12.1 Å². The lowest BCUT2D eigenvalue weighted by atomic mass is 10.1. The Balaban J connectivity index is 2.98. The Morgan fingerprint density at radius 2 is 1.89 bits per heavy atom. The summed E-state index contributed by atoms with van der Waals surface area (Å²) in [5.74, 6) is -1.19. The molecule has 1 rings (SSSR count). The molecule has 108 valence electrons. The van der Waals surface area contributed by atoms with E-state index in [9.17, 15) is 13.0 Å². The van der Waals surface area contributed by atoms with Crippen molar-refractivity contribution < 1.29 is 13.0 Å². The highest BCUT2D eigenvalue weighted by Gasteiger charge is 2.23. The van der Waals surface area contributed by atoms with E-state index < -0.39 is 33.4 Å². The summed E-state index contributed by atoms with van der Waals surface area (Å²) < 4.78 is 41.7. The Kier molecular flexibility index (Phi) is 5.47. The molecule has 0 saturated carbocycles. The third kappa shape index (κ3) is 4.23. The fraction of sp³-hybridized carbons (Fsp3) is 0.538. The molecule has 0 aliphatic rings. The number of rotatable bonds is 4. The first-order valence-electron chi connectivity index (χ1n) is 5.88. The fourth-order valence-electron chi connectivity index (χ4n) is 1.44. The summed E-state index contributed by atoms with van der Waals surface area (Å²) in [6.45, 7) is 7.05. The second kappa shape index (κ2) is 6.29. The monoisotopic (exact) mass is 309 g/mol. The summed E-state index contributed by atoms with van der Waals surface area (Å²) in [5, 5.41) is 0. The van der Waals surface area contributed by atoms with Gasteiger partial charge in [-0.15, -0.1) is 11.6 Å². The minimum Gasteiger partial charge on any atom is -0.242 e. The molecule has 0 bridgehead atoms. The minimum atomic E-state index is -1.36. The molecule has 0 aromatic heterocycles. The van der Waals surface area contributed by atoms with Gasteiger partial charge < -0.3 is 0 Å². The van der Waals surface area contributed by atoms with Gasteiger partial charge in [0.15, 0.2) is 0 Å². The van der Waals surface area contributed by atoms with Crippen molar-refractivity contribution in [3.8, 4) is 0 Å². The van der Waals surface area contributed by atoms with E-state index >= 15 is 0 Å². The van der Waals surface area contributed by atoms with E-state index in [0.29, 0.717) is 0 Å². The second-order valence-electron chi connectivity index (χ2n) is 5.32. The van der Waals surface area contributed by atoms with Crippen LogP contribution in [0.2, 0.25) is 0 Å². The van der Waals surface area contributed by atoms with Gasteiger partial charge in [-0.25, -0.2) is 17.7 Å². The van der Waals surface area contributed by atoms with Crippen molar-refractivity contribution in [2.75, 3.05) is 0 Å². The predicted molar refractivity (Wildman–Crippen MR) is 75.4 cm³/mol. The Labute approximate surface area is 120 Å². The van der Waals surface area contributed by atoms with Crippen molar-refractivity contribution in [1.29, 1.82) is 0 Å². The van der Waals surface area contributed by atoms with E-state index in [2.05, 4.69) is 4.72 Å². The van der Waals surface area contributed by atoms with Crippen molar-refractivity contribution in [1.82, 2.24) is 4.72 Å². The molecule has 0 amide bonds. The number of halogens is 3. The molecule has 1 aromatic carbocycles. The highest BCUT2D eigenvalue weighted by atomic mass is 35.5. The van der Waals surface area contributed by atoms with Gasteiger partial charge in [-0.05, 0) is 39.8 Å². The van der Waals surface area contributed by atoms with Crippen molar-refractivity contribution in [3.63, 3.8) is 0 Å². The molecule has 0 radical (unpaired) electrons. The number of benzene rings is 1. The number of alkyl halides is 1. The molecular weight excluding hydrogens is 292 g/mol. The van der Waals surface area contributed by atoms with Gasteiger partial charge in [-0.2, -0.15) is 0 Å². The molecule has 6 heteroatoms. The standard InChI is InChI=1S/C13H18ClF2NOS/c1-8(17-19(18)13(2,3)4)10-6-11(15)9(7-14)5-12(10)16/h5-6,8,17H,7H2,1-4H3/t8-,19+/m0/s1. The third-order valence-electron chi connectivity index (χ3n) is 2.62. The average molecular weight is 310 g/mol. The smallest absolute Gasteiger partial charge is 0.128 e. The van der Waals surface area contributed by atoms with Gasteiger partial charge in [0.25, 0.3) is 0 Å². The van der Waals surface area contributed by atoms with E-state index in [1.165, 1.54) is 0 Å². The lowest BCUT2D eigenvalue weighted by Crippen LogP contribution is -2.35. The second-order valence-corrected chi connectivity index (χ2v) is 7.58. The summed E-state index contributed by atoms with van der Waals surface area (Å²) in [5.41, 5.74) is 0.260. The molecule has 0 unspecified atom stereocenters. The molecule has 0 aliphatic carbocycles. The maximum absolute atomic E-state index is 13.9. The van der Waals surface area contributed by atoms with Crippen molar-refractivity contribution >= 4 is 22.6 Å². The van der Waals surface area contributed by atoms with E-state index in [0.717, 1.165) is 12.1 Å². The fourth-order valence-corrected chi connectivity index (χ4v) is 2.44. The first-order chi connectivity index (χ1) is 8.66.